The van der Waals surface area contributed by atoms with E-state index in [1.54, 1.807) is 27.7 Å². The highest BCUT2D eigenvalue weighted by Crippen LogP contribution is 2.47. The second kappa shape index (κ2) is 4.81. The number of hydrogen-bond acceptors (Lipinski definition) is 5. The molecule has 0 saturated carbocycles. The first-order valence-electron chi connectivity index (χ1n) is 6.84. The fraction of sp³-hybridized carbons (Fsp3) is 0.667. The molecule has 0 amide bonds. The molecule has 5 nitrogen and oxygen atoms in total. The predicted molar refractivity (Wildman–Crippen MR) is 71.0 cm³/mol. The monoisotopic (exact) mass is 280 g/mol. The van der Waals surface area contributed by atoms with Gasteiger partial charge in [0, 0.05) is 12.8 Å². The van der Waals surface area contributed by atoms with Crippen LogP contribution in [0, 0.1) is 5.41 Å². The topological polar surface area (TPSA) is 69.7 Å². The molecule has 5 heteroatoms. The third-order valence-corrected chi connectivity index (χ3v) is 3.95. The summed E-state index contributed by atoms with van der Waals surface area (Å²) in [5.41, 5.74) is -1.69. The lowest BCUT2D eigenvalue weighted by Gasteiger charge is -2.48. The molecule has 2 atom stereocenters. The van der Waals surface area contributed by atoms with Crippen molar-refractivity contribution in [3.8, 4) is 0 Å². The molecule has 0 spiro atoms. The lowest BCUT2D eigenvalue weighted by Crippen LogP contribution is -2.61. The van der Waals surface area contributed by atoms with Gasteiger partial charge in [0.15, 0.2) is 17.0 Å². The van der Waals surface area contributed by atoms with Gasteiger partial charge in [-0.15, -0.1) is 0 Å². The summed E-state index contributed by atoms with van der Waals surface area (Å²) in [4.78, 5) is 36.8. The van der Waals surface area contributed by atoms with Gasteiger partial charge in [0.25, 0.3) is 0 Å². The summed E-state index contributed by atoms with van der Waals surface area (Å²) in [6, 6.07) is 0. The number of rotatable bonds is 2. The van der Waals surface area contributed by atoms with Crippen molar-refractivity contribution in [1.29, 1.82) is 0 Å². The zero-order valence-corrected chi connectivity index (χ0v) is 12.3. The highest BCUT2D eigenvalue weighted by Gasteiger charge is 2.61. The van der Waals surface area contributed by atoms with Crippen LogP contribution in [0.1, 0.15) is 40.5 Å². The number of ketones is 2. The number of ether oxygens (including phenoxy) is 2. The number of Topliss-reactive ketones (excluding diaryl/α,β-unsaturated/α-hetero) is 1. The Morgan fingerprint density at radius 1 is 1.45 bits per heavy atom. The van der Waals surface area contributed by atoms with E-state index in [-0.39, 0.29) is 31.0 Å². The summed E-state index contributed by atoms with van der Waals surface area (Å²) >= 11 is 0. The minimum atomic E-state index is -1.45. The molecule has 110 valence electrons. The van der Waals surface area contributed by atoms with Crippen molar-refractivity contribution in [2.45, 2.75) is 52.2 Å². The number of allylic oxidation sites excluding steroid dienone is 1. The van der Waals surface area contributed by atoms with E-state index in [1.165, 1.54) is 6.08 Å². The highest BCUT2D eigenvalue weighted by molar-refractivity contribution is 6.11. The van der Waals surface area contributed by atoms with Gasteiger partial charge in [-0.3, -0.25) is 14.4 Å². The predicted octanol–water partition coefficient (Wildman–Crippen LogP) is 1.59. The average Bonchev–Trinajstić information content (AvgIpc) is 2.25. The van der Waals surface area contributed by atoms with Crippen LogP contribution in [0.2, 0.25) is 0 Å². The summed E-state index contributed by atoms with van der Waals surface area (Å²) in [6.07, 6.45) is 0.760. The fourth-order valence-electron chi connectivity index (χ4n) is 3.14. The Balaban J connectivity index is 2.55. The molecule has 1 saturated heterocycles. The van der Waals surface area contributed by atoms with Crippen molar-refractivity contribution in [2.75, 3.05) is 6.61 Å². The average molecular weight is 280 g/mol. The first-order valence-corrected chi connectivity index (χ1v) is 6.84. The molecule has 20 heavy (non-hydrogen) atoms. The smallest absolute Gasteiger partial charge is 0.326 e. The molecule has 1 aliphatic carbocycles. The summed E-state index contributed by atoms with van der Waals surface area (Å²) < 4.78 is 11.0. The molecule has 0 N–H and O–H groups in total. The number of fused-ring (bicyclic) bond motifs is 1. The Morgan fingerprint density at radius 2 is 2.10 bits per heavy atom. The second-order valence-corrected chi connectivity index (χ2v) is 5.99. The van der Waals surface area contributed by atoms with Gasteiger partial charge >= 0.3 is 5.97 Å². The van der Waals surface area contributed by atoms with E-state index in [1.807, 2.05) is 0 Å². The van der Waals surface area contributed by atoms with Gasteiger partial charge in [0.2, 0.25) is 0 Å². The molecule has 0 bridgehead atoms. The van der Waals surface area contributed by atoms with E-state index in [2.05, 4.69) is 0 Å². The van der Waals surface area contributed by atoms with Crippen molar-refractivity contribution in [1.82, 2.24) is 0 Å². The lowest BCUT2D eigenvalue weighted by atomic mass is 9.63. The third kappa shape index (κ3) is 2.10. The molecule has 1 fully saturated rings. The van der Waals surface area contributed by atoms with Crippen molar-refractivity contribution >= 4 is 17.5 Å². The van der Waals surface area contributed by atoms with Gasteiger partial charge in [-0.1, -0.05) is 0 Å². The third-order valence-electron chi connectivity index (χ3n) is 3.95. The zero-order valence-electron chi connectivity index (χ0n) is 12.3. The molecule has 0 unspecified atom stereocenters. The fourth-order valence-corrected chi connectivity index (χ4v) is 3.14. The first kappa shape index (κ1) is 14.9. The summed E-state index contributed by atoms with van der Waals surface area (Å²) in [7, 11) is 0. The summed E-state index contributed by atoms with van der Waals surface area (Å²) in [5.74, 6) is -0.955. The summed E-state index contributed by atoms with van der Waals surface area (Å²) in [6.45, 7) is 7.08. The number of esters is 1. The van der Waals surface area contributed by atoms with Crippen molar-refractivity contribution < 1.29 is 23.9 Å². The molecule has 0 radical (unpaired) electrons. The van der Waals surface area contributed by atoms with Gasteiger partial charge in [0.1, 0.15) is 0 Å². The SMILES string of the molecule is CCOC(=O)[C@@]12C(=O)CC(C)(C)O[C@@H]1CC(=O)C=C2C. The molecular formula is C15H20O5. The van der Waals surface area contributed by atoms with E-state index < -0.39 is 23.1 Å². The maximum absolute atomic E-state index is 12.7. The quantitative estimate of drug-likeness (QED) is 0.567. The number of carbonyl (C=O) groups is 3. The van der Waals surface area contributed by atoms with E-state index in [0.717, 1.165) is 0 Å². The summed E-state index contributed by atoms with van der Waals surface area (Å²) in [5, 5.41) is 0. The Morgan fingerprint density at radius 3 is 2.70 bits per heavy atom. The number of carbonyl (C=O) groups excluding carboxylic acids is 3. The molecular weight excluding hydrogens is 260 g/mol. The Hall–Kier alpha value is -1.49. The van der Waals surface area contributed by atoms with Gasteiger partial charge < -0.3 is 9.47 Å². The lowest BCUT2D eigenvalue weighted by molar-refractivity contribution is -0.194. The van der Waals surface area contributed by atoms with Crippen molar-refractivity contribution in [2.24, 2.45) is 5.41 Å². The molecule has 2 aliphatic rings. The first-order chi connectivity index (χ1) is 9.24. The van der Waals surface area contributed by atoms with E-state index >= 15 is 0 Å². The van der Waals surface area contributed by atoms with E-state index in [4.69, 9.17) is 9.47 Å². The van der Waals surface area contributed by atoms with Crippen LogP contribution in [0.5, 0.6) is 0 Å². The molecule has 0 aromatic carbocycles. The molecule has 1 heterocycles. The maximum atomic E-state index is 12.7. The van der Waals surface area contributed by atoms with Crippen LogP contribution in [0.15, 0.2) is 11.6 Å². The molecule has 2 rings (SSSR count). The zero-order chi connectivity index (χ0) is 15.1. The van der Waals surface area contributed by atoms with Gasteiger partial charge in [-0.2, -0.15) is 0 Å². The van der Waals surface area contributed by atoms with Crippen molar-refractivity contribution in [3.63, 3.8) is 0 Å². The number of hydrogen-bond donors (Lipinski definition) is 0. The maximum Gasteiger partial charge on any atom is 0.326 e. The Bertz CT molecular complexity index is 502. The standard InChI is InChI=1S/C15H20O5/c1-5-19-13(18)15-9(2)6-10(16)7-12(15)20-14(3,4)8-11(15)17/h6,12H,5,7-8H2,1-4H3/t12-,15+/m1/s1. The van der Waals surface area contributed by atoms with E-state index in [9.17, 15) is 14.4 Å². The van der Waals surface area contributed by atoms with Gasteiger partial charge in [-0.05, 0) is 39.3 Å². The normalized spacial score (nSPS) is 32.4. The van der Waals surface area contributed by atoms with Crippen LogP contribution in [0.4, 0.5) is 0 Å². The molecule has 1 aliphatic heterocycles. The largest absolute Gasteiger partial charge is 0.465 e. The van der Waals surface area contributed by atoms with Crippen LogP contribution < -0.4 is 0 Å². The van der Waals surface area contributed by atoms with Crippen LogP contribution in [-0.4, -0.2) is 35.8 Å². The molecule has 0 aromatic heterocycles. The van der Waals surface area contributed by atoms with Gasteiger partial charge in [-0.25, -0.2) is 0 Å². The minimum Gasteiger partial charge on any atom is -0.465 e. The molecule has 0 aromatic rings. The van der Waals surface area contributed by atoms with Crippen LogP contribution in [0.3, 0.4) is 0 Å². The van der Waals surface area contributed by atoms with Gasteiger partial charge in [0.05, 0.1) is 18.3 Å². The van der Waals surface area contributed by atoms with Crippen LogP contribution >= 0.6 is 0 Å². The second-order valence-electron chi connectivity index (χ2n) is 5.99. The Kier molecular flexibility index (Phi) is 3.58. The van der Waals surface area contributed by atoms with E-state index in [0.29, 0.717) is 5.57 Å². The minimum absolute atomic E-state index is 0.0331. The Labute approximate surface area is 118 Å². The van der Waals surface area contributed by atoms with Crippen LogP contribution in [0.25, 0.3) is 0 Å². The highest BCUT2D eigenvalue weighted by atomic mass is 16.5. The van der Waals surface area contributed by atoms with Crippen molar-refractivity contribution in [3.05, 3.63) is 11.6 Å². The van der Waals surface area contributed by atoms with Crippen LogP contribution in [-0.2, 0) is 23.9 Å².